The zero-order chi connectivity index (χ0) is 56.7. The van der Waals surface area contributed by atoms with E-state index >= 15 is 9.13 Å². The molecule has 0 radical (unpaired) electrons. The van der Waals surface area contributed by atoms with Crippen LogP contribution in [0.1, 0.15) is 44.5 Å². The van der Waals surface area contributed by atoms with E-state index in [4.69, 9.17) is 0 Å². The number of para-hydroxylation sites is 6. The summed E-state index contributed by atoms with van der Waals surface area (Å²) in [5.74, 6) is 0. The second kappa shape index (κ2) is 19.0. The molecule has 18 rings (SSSR count). The van der Waals surface area contributed by atoms with Gasteiger partial charge in [0.1, 0.15) is 0 Å². The number of hydrogen-bond donors (Lipinski definition) is 0. The molecule has 0 N–H and O–H groups in total. The maximum Gasteiger partial charge on any atom is 0.172 e. The van der Waals surface area contributed by atoms with Crippen LogP contribution in [0.3, 0.4) is 0 Å². The summed E-state index contributed by atoms with van der Waals surface area (Å²) in [6.07, 6.45) is 0. The first-order chi connectivity index (χ1) is 41.3. The molecule has 0 saturated carbocycles. The number of hydrogen-bond acceptors (Lipinski definition) is 2. The Kier molecular flexibility index (Phi) is 11.5. The topological polar surface area (TPSA) is 44.0 Å². The Morgan fingerprint density at radius 2 is 0.702 bits per heavy atom. The third-order valence-electron chi connectivity index (χ3n) is 18.2. The van der Waals surface area contributed by atoms with E-state index in [1.165, 1.54) is 65.9 Å². The third-order valence-corrected chi connectivity index (χ3v) is 26.0. The van der Waals surface area contributed by atoms with Crippen molar-refractivity contribution in [1.29, 1.82) is 0 Å². The van der Waals surface area contributed by atoms with Gasteiger partial charge in [-0.3, -0.25) is 0 Å². The normalized spacial score (nSPS) is 19.7. The molecule has 4 atom stereocenters. The van der Waals surface area contributed by atoms with Gasteiger partial charge in [0.2, 0.25) is 0 Å². The minimum absolute atomic E-state index is 0.643. The summed E-state index contributed by atoms with van der Waals surface area (Å²) < 4.78 is 38.3. The lowest BCUT2D eigenvalue weighted by Crippen LogP contribution is -2.48. The standard InChI is InChI=1S/2C37H23BrNOP.C2H4/c38-31-20-11-19-30-36(31)41(40,24-12-2-1-3-13-24)34-23-9-6-17-28(34)37(30)27-16-5-8-22-33(27)39-32-21-7-4-14-25(32)26-15-10-18-29(37)35(26)39;38-24-21-22-30-35(23-24)41(40,25-11-2-1-3-12-25)34-20-9-6-16-29(34)37(30)28-15-5-8-19-33(28)39-32-18-7-4-13-26(32)27-14-10-17-31(37)36(27)39;1-2/h2*1-23H;1-2H2. The van der Waals surface area contributed by atoms with Crippen molar-refractivity contribution >= 4 is 122 Å². The zero-order valence-electron chi connectivity index (χ0n) is 45.3. The first-order valence-corrected chi connectivity index (χ1v) is 33.2. The van der Waals surface area contributed by atoms with Gasteiger partial charge in [-0.15, -0.1) is 13.2 Å². The highest BCUT2D eigenvalue weighted by atomic mass is 79.9. The lowest BCUT2D eigenvalue weighted by atomic mass is 9.63. The van der Waals surface area contributed by atoms with Crippen LogP contribution in [-0.4, -0.2) is 9.13 Å². The monoisotopic (exact) mass is 1240 g/mol. The summed E-state index contributed by atoms with van der Waals surface area (Å²) in [4.78, 5) is 0. The highest BCUT2D eigenvalue weighted by Gasteiger charge is 2.56. The lowest BCUT2D eigenvalue weighted by molar-refractivity contribution is 0.589. The molecular weight excluding hydrogens is 1190 g/mol. The Bertz CT molecular complexity index is 5200. The maximum absolute atomic E-state index is 15.8. The number of nitrogens with zero attached hydrogens (tertiary/aromatic N) is 2. The Morgan fingerprint density at radius 3 is 1.25 bits per heavy atom. The smallest absolute Gasteiger partial charge is 0.172 e. The highest BCUT2D eigenvalue weighted by molar-refractivity contribution is 9.11. The molecule has 2 aromatic heterocycles. The predicted octanol–water partition coefficient (Wildman–Crippen LogP) is 17.2. The molecule has 4 nitrogen and oxygen atoms in total. The average molecular weight is 1250 g/mol. The molecule has 12 aromatic carbocycles. The summed E-state index contributed by atoms with van der Waals surface area (Å²) in [7, 11) is -6.43. The van der Waals surface area contributed by atoms with Crippen LogP contribution >= 0.6 is 46.1 Å². The van der Waals surface area contributed by atoms with Crippen molar-refractivity contribution in [3.05, 3.63) is 346 Å². The zero-order valence-corrected chi connectivity index (χ0v) is 50.3. The van der Waals surface area contributed by atoms with Gasteiger partial charge in [0.15, 0.2) is 14.3 Å². The van der Waals surface area contributed by atoms with Crippen molar-refractivity contribution in [3.8, 4) is 11.4 Å². The largest absolute Gasteiger partial charge is 0.309 e. The fraction of sp³-hybridized carbons (Fsp3) is 0.0263. The van der Waals surface area contributed by atoms with E-state index in [0.717, 1.165) is 74.4 Å². The molecule has 14 aromatic rings. The number of rotatable bonds is 2. The first kappa shape index (κ1) is 51.1. The van der Waals surface area contributed by atoms with Crippen molar-refractivity contribution in [3.63, 3.8) is 0 Å². The van der Waals surface area contributed by atoms with Crippen molar-refractivity contribution in [2.24, 2.45) is 0 Å². The van der Waals surface area contributed by atoms with Crippen LogP contribution in [0.5, 0.6) is 0 Å². The van der Waals surface area contributed by atoms with E-state index in [1.54, 1.807) is 0 Å². The Balaban J connectivity index is 0.000000133. The first-order valence-electron chi connectivity index (χ1n) is 28.2. The van der Waals surface area contributed by atoms with Crippen LogP contribution in [0.15, 0.2) is 301 Å². The minimum Gasteiger partial charge on any atom is -0.309 e. The molecule has 6 heterocycles. The van der Waals surface area contributed by atoms with Crippen molar-refractivity contribution in [2.75, 3.05) is 0 Å². The number of benzene rings is 12. The molecule has 0 bridgehead atoms. The summed E-state index contributed by atoms with van der Waals surface area (Å²) >= 11 is 7.67. The second-order valence-electron chi connectivity index (χ2n) is 21.9. The lowest BCUT2D eigenvalue weighted by Gasteiger charge is -2.47. The third kappa shape index (κ3) is 6.44. The fourth-order valence-electron chi connectivity index (χ4n) is 15.3. The minimum atomic E-state index is -3.23. The van der Waals surface area contributed by atoms with Gasteiger partial charge in [-0.05, 0) is 103 Å². The number of fused-ring (bicyclic) bond motifs is 22. The summed E-state index contributed by atoms with van der Waals surface area (Å²) in [5, 5.41) is 10.3. The second-order valence-corrected chi connectivity index (χ2v) is 29.0. The van der Waals surface area contributed by atoms with Gasteiger partial charge in [-0.1, -0.05) is 253 Å². The van der Waals surface area contributed by atoms with Crippen molar-refractivity contribution in [1.82, 2.24) is 9.13 Å². The molecule has 2 spiro atoms. The Hall–Kier alpha value is -8.60. The summed E-state index contributed by atoms with van der Waals surface area (Å²) in [5.41, 5.74) is 15.1. The predicted molar refractivity (Wildman–Crippen MR) is 358 cm³/mol. The van der Waals surface area contributed by atoms with Crippen LogP contribution in [0.25, 0.3) is 55.0 Å². The molecule has 4 unspecified atom stereocenters. The number of aromatic nitrogens is 2. The Labute approximate surface area is 504 Å². The molecular formula is C76H50Br2N2O2P2. The van der Waals surface area contributed by atoms with Crippen LogP contribution < -0.4 is 31.8 Å². The van der Waals surface area contributed by atoms with Gasteiger partial charge in [0, 0.05) is 62.3 Å². The van der Waals surface area contributed by atoms with E-state index in [0.29, 0.717) is 0 Å². The van der Waals surface area contributed by atoms with Gasteiger partial charge >= 0.3 is 0 Å². The van der Waals surface area contributed by atoms with E-state index in [2.05, 4.69) is 254 Å². The van der Waals surface area contributed by atoms with E-state index in [1.807, 2.05) is 78.9 Å². The molecule has 0 amide bonds. The molecule has 84 heavy (non-hydrogen) atoms. The van der Waals surface area contributed by atoms with Crippen LogP contribution in [-0.2, 0) is 20.0 Å². The molecule has 8 heteroatoms. The van der Waals surface area contributed by atoms with Gasteiger partial charge in [-0.25, -0.2) is 0 Å². The van der Waals surface area contributed by atoms with E-state index in [9.17, 15) is 0 Å². The van der Waals surface area contributed by atoms with E-state index in [-0.39, 0.29) is 0 Å². The van der Waals surface area contributed by atoms with E-state index < -0.39 is 25.1 Å². The maximum atomic E-state index is 15.8. The van der Waals surface area contributed by atoms with Crippen LogP contribution in [0, 0.1) is 0 Å². The van der Waals surface area contributed by atoms with Gasteiger partial charge < -0.3 is 18.3 Å². The molecule has 0 fully saturated rings. The Morgan fingerprint density at radius 1 is 0.321 bits per heavy atom. The van der Waals surface area contributed by atoms with Crippen molar-refractivity contribution in [2.45, 2.75) is 10.8 Å². The average Bonchev–Trinajstić information content (AvgIpc) is 1.06. The molecule has 0 aliphatic carbocycles. The van der Waals surface area contributed by atoms with Gasteiger partial charge in [-0.2, -0.15) is 0 Å². The summed E-state index contributed by atoms with van der Waals surface area (Å²) in [6.45, 7) is 6.00. The molecule has 0 saturated heterocycles. The molecule has 400 valence electrons. The summed E-state index contributed by atoms with van der Waals surface area (Å²) in [6, 6.07) is 98.1. The number of halogens is 2. The molecule has 4 aliphatic rings. The molecule has 4 aliphatic heterocycles. The fourth-order valence-corrected chi connectivity index (χ4v) is 23.3. The van der Waals surface area contributed by atoms with Gasteiger partial charge in [0.25, 0.3) is 0 Å². The van der Waals surface area contributed by atoms with Crippen LogP contribution in [0.4, 0.5) is 0 Å². The SMILES string of the molecule is C=C.O=P1(c2ccccc2)c2ccccc2C2(c3ccccc3-n3c4ccccc4c4cccc2c43)c2ccc(Br)cc21.O=P1(c2ccccc2)c2ccccc2C2(c3ccccc3-n3c4ccccc4c4cccc2c43)c2cccc(Br)c21. The quantitative estimate of drug-likeness (QED) is 0.128. The van der Waals surface area contributed by atoms with Crippen LogP contribution in [0.2, 0.25) is 0 Å². The van der Waals surface area contributed by atoms with Gasteiger partial charge in [0.05, 0.1) is 44.3 Å². The van der Waals surface area contributed by atoms with Crippen molar-refractivity contribution < 1.29 is 9.13 Å². The highest BCUT2D eigenvalue weighted by Crippen LogP contribution is 2.63.